The van der Waals surface area contributed by atoms with Crippen molar-refractivity contribution in [2.75, 3.05) is 26.3 Å². The van der Waals surface area contributed by atoms with Crippen molar-refractivity contribution < 1.29 is 9.53 Å². The molecule has 0 N–H and O–H groups in total. The molecule has 2 aromatic heterocycles. The van der Waals surface area contributed by atoms with Crippen LogP contribution in [0.1, 0.15) is 44.1 Å². The van der Waals surface area contributed by atoms with E-state index in [4.69, 9.17) is 9.72 Å². The summed E-state index contributed by atoms with van der Waals surface area (Å²) in [5.74, 6) is 1.50. The molecule has 2 fully saturated rings. The Bertz CT molecular complexity index is 747. The first kappa shape index (κ1) is 16.1. The molecule has 2 aromatic rings. The number of amides is 1. The Labute approximate surface area is 146 Å². The van der Waals surface area contributed by atoms with Crippen molar-refractivity contribution in [2.24, 2.45) is 5.92 Å². The van der Waals surface area contributed by atoms with E-state index < -0.39 is 0 Å². The highest BCUT2D eigenvalue weighted by Gasteiger charge is 2.39. The first-order valence-corrected chi connectivity index (χ1v) is 9.76. The van der Waals surface area contributed by atoms with Gasteiger partial charge in [0.2, 0.25) is 5.91 Å². The van der Waals surface area contributed by atoms with Gasteiger partial charge in [-0.15, -0.1) is 11.3 Å². The largest absolute Gasteiger partial charge is 0.381 e. The normalized spacial score (nSPS) is 26.2. The zero-order valence-corrected chi connectivity index (χ0v) is 15.3. The Kier molecular flexibility index (Phi) is 4.12. The quantitative estimate of drug-likeness (QED) is 0.839. The standard InChI is InChI=1S/C18H25N3O2S/c1-13-19-15(17-21(13)8-11-24-17)18(2)6-3-7-20(12-18)16(22)14-4-9-23-10-5-14/h8,11,14H,3-7,9-10,12H2,1-2H3. The number of piperidine rings is 1. The van der Waals surface area contributed by atoms with Gasteiger partial charge in [-0.1, -0.05) is 6.92 Å². The number of rotatable bonds is 2. The third kappa shape index (κ3) is 2.65. The summed E-state index contributed by atoms with van der Waals surface area (Å²) >= 11 is 1.75. The van der Waals surface area contributed by atoms with E-state index in [1.54, 1.807) is 11.3 Å². The summed E-state index contributed by atoms with van der Waals surface area (Å²) in [6.07, 6.45) is 5.96. The van der Waals surface area contributed by atoms with E-state index in [1.807, 2.05) is 0 Å². The number of carbonyl (C=O) groups is 1. The Hall–Kier alpha value is -1.40. The van der Waals surface area contributed by atoms with Gasteiger partial charge in [0.1, 0.15) is 10.7 Å². The smallest absolute Gasteiger partial charge is 0.225 e. The third-order valence-electron chi connectivity index (χ3n) is 5.58. The summed E-state index contributed by atoms with van der Waals surface area (Å²) in [5.41, 5.74) is 1.11. The van der Waals surface area contributed by atoms with E-state index in [0.29, 0.717) is 5.91 Å². The van der Waals surface area contributed by atoms with Crippen molar-refractivity contribution in [3.05, 3.63) is 23.1 Å². The molecule has 2 aliphatic rings. The molecular formula is C18H25N3O2S. The predicted octanol–water partition coefficient (Wildman–Crippen LogP) is 3.01. The summed E-state index contributed by atoms with van der Waals surface area (Å²) < 4.78 is 7.58. The molecule has 1 unspecified atom stereocenters. The van der Waals surface area contributed by atoms with Gasteiger partial charge in [-0.2, -0.15) is 0 Å². The number of aryl methyl sites for hydroxylation is 1. The molecule has 5 nitrogen and oxygen atoms in total. The Morgan fingerprint density at radius 3 is 3.00 bits per heavy atom. The predicted molar refractivity (Wildman–Crippen MR) is 94.5 cm³/mol. The number of nitrogens with zero attached hydrogens (tertiary/aromatic N) is 3. The van der Waals surface area contributed by atoms with Crippen LogP contribution in [0, 0.1) is 12.8 Å². The fraction of sp³-hybridized carbons (Fsp3) is 0.667. The number of thiazole rings is 1. The summed E-state index contributed by atoms with van der Waals surface area (Å²) in [5, 5.41) is 2.12. The molecule has 130 valence electrons. The number of likely N-dealkylation sites (tertiary alicyclic amines) is 1. The van der Waals surface area contributed by atoms with Crippen molar-refractivity contribution in [1.29, 1.82) is 0 Å². The van der Waals surface area contributed by atoms with Crippen LogP contribution < -0.4 is 0 Å². The minimum absolute atomic E-state index is 0.0521. The second-order valence-corrected chi connectivity index (χ2v) is 8.29. The monoisotopic (exact) mass is 347 g/mol. The third-order valence-corrected chi connectivity index (χ3v) is 6.45. The van der Waals surface area contributed by atoms with Crippen LogP contribution in [0.4, 0.5) is 0 Å². The zero-order valence-electron chi connectivity index (χ0n) is 14.5. The Morgan fingerprint density at radius 2 is 2.21 bits per heavy atom. The average Bonchev–Trinajstić information content (AvgIpc) is 3.19. The van der Waals surface area contributed by atoms with Crippen LogP contribution in [-0.4, -0.2) is 46.5 Å². The van der Waals surface area contributed by atoms with Gasteiger partial charge in [0.25, 0.3) is 0 Å². The maximum Gasteiger partial charge on any atom is 0.225 e. The number of ether oxygens (including phenoxy) is 1. The molecule has 0 bridgehead atoms. The van der Waals surface area contributed by atoms with Crippen LogP contribution in [0.25, 0.3) is 4.83 Å². The highest BCUT2D eigenvalue weighted by molar-refractivity contribution is 7.15. The zero-order chi connectivity index (χ0) is 16.7. The van der Waals surface area contributed by atoms with Gasteiger partial charge in [0, 0.05) is 49.2 Å². The van der Waals surface area contributed by atoms with Crippen molar-refractivity contribution in [3.8, 4) is 0 Å². The van der Waals surface area contributed by atoms with Gasteiger partial charge >= 0.3 is 0 Å². The number of aromatic nitrogens is 2. The fourth-order valence-corrected chi connectivity index (χ4v) is 5.21. The van der Waals surface area contributed by atoms with E-state index in [2.05, 4.69) is 34.7 Å². The first-order valence-electron chi connectivity index (χ1n) is 8.88. The SMILES string of the molecule is Cc1nc(C2(C)CCCN(C(=O)C3CCOCC3)C2)c2sccn12. The summed E-state index contributed by atoms with van der Waals surface area (Å²) in [6.45, 7) is 7.44. The molecule has 1 amide bonds. The molecule has 2 saturated heterocycles. The molecule has 4 heterocycles. The Balaban J connectivity index is 1.59. The van der Waals surface area contributed by atoms with Gasteiger partial charge in [-0.25, -0.2) is 4.98 Å². The van der Waals surface area contributed by atoms with Gasteiger partial charge in [0.15, 0.2) is 0 Å². The van der Waals surface area contributed by atoms with Crippen LogP contribution in [0.2, 0.25) is 0 Å². The highest BCUT2D eigenvalue weighted by Crippen LogP contribution is 2.38. The molecule has 0 spiro atoms. The van der Waals surface area contributed by atoms with Crippen LogP contribution in [0.15, 0.2) is 11.6 Å². The minimum atomic E-state index is -0.0521. The number of imidazole rings is 1. The maximum atomic E-state index is 12.9. The number of carbonyl (C=O) groups excluding carboxylic acids is 1. The van der Waals surface area contributed by atoms with Crippen LogP contribution in [0.3, 0.4) is 0 Å². The van der Waals surface area contributed by atoms with E-state index in [9.17, 15) is 4.79 Å². The van der Waals surface area contributed by atoms with Crippen LogP contribution in [-0.2, 0) is 14.9 Å². The molecule has 0 radical (unpaired) electrons. The molecule has 6 heteroatoms. The first-order chi connectivity index (χ1) is 11.6. The fourth-order valence-electron chi connectivity index (χ4n) is 4.19. The molecule has 24 heavy (non-hydrogen) atoms. The lowest BCUT2D eigenvalue weighted by atomic mass is 9.78. The molecule has 0 aromatic carbocycles. The molecule has 4 rings (SSSR count). The van der Waals surface area contributed by atoms with Crippen molar-refractivity contribution in [3.63, 3.8) is 0 Å². The Morgan fingerprint density at radius 1 is 1.42 bits per heavy atom. The molecule has 0 saturated carbocycles. The van der Waals surface area contributed by atoms with E-state index in [1.165, 1.54) is 10.5 Å². The second kappa shape index (κ2) is 6.15. The van der Waals surface area contributed by atoms with Crippen molar-refractivity contribution >= 4 is 22.1 Å². The summed E-state index contributed by atoms with van der Waals surface area (Å²) in [6, 6.07) is 0. The van der Waals surface area contributed by atoms with Gasteiger partial charge in [-0.3, -0.25) is 9.20 Å². The van der Waals surface area contributed by atoms with Gasteiger partial charge in [-0.05, 0) is 32.6 Å². The molecular weight excluding hydrogens is 322 g/mol. The lowest BCUT2D eigenvalue weighted by Gasteiger charge is -2.41. The number of hydrogen-bond acceptors (Lipinski definition) is 4. The van der Waals surface area contributed by atoms with E-state index >= 15 is 0 Å². The van der Waals surface area contributed by atoms with Gasteiger partial charge < -0.3 is 9.64 Å². The second-order valence-electron chi connectivity index (χ2n) is 7.40. The lowest BCUT2D eigenvalue weighted by molar-refractivity contribution is -0.140. The number of fused-ring (bicyclic) bond motifs is 1. The molecule has 0 aliphatic carbocycles. The minimum Gasteiger partial charge on any atom is -0.381 e. The highest BCUT2D eigenvalue weighted by atomic mass is 32.1. The van der Waals surface area contributed by atoms with Crippen molar-refractivity contribution in [2.45, 2.75) is 44.9 Å². The summed E-state index contributed by atoms with van der Waals surface area (Å²) in [7, 11) is 0. The molecule has 2 aliphatic heterocycles. The summed E-state index contributed by atoms with van der Waals surface area (Å²) in [4.78, 5) is 21.1. The average molecular weight is 347 g/mol. The lowest BCUT2D eigenvalue weighted by Crippen LogP contribution is -2.49. The van der Waals surface area contributed by atoms with E-state index in [0.717, 1.165) is 57.8 Å². The van der Waals surface area contributed by atoms with Crippen LogP contribution in [0.5, 0.6) is 0 Å². The van der Waals surface area contributed by atoms with Gasteiger partial charge in [0.05, 0.1) is 5.69 Å². The van der Waals surface area contributed by atoms with E-state index in [-0.39, 0.29) is 11.3 Å². The molecule has 1 atom stereocenters. The van der Waals surface area contributed by atoms with Crippen LogP contribution >= 0.6 is 11.3 Å². The van der Waals surface area contributed by atoms with Crippen molar-refractivity contribution in [1.82, 2.24) is 14.3 Å². The topological polar surface area (TPSA) is 46.8 Å². The maximum absolute atomic E-state index is 12.9. The number of hydrogen-bond donors (Lipinski definition) is 0.